The first-order valence-electron chi connectivity index (χ1n) is 3.92. The van der Waals surface area contributed by atoms with Gasteiger partial charge in [0.15, 0.2) is 0 Å². The first-order chi connectivity index (χ1) is 7.36. The molecule has 0 N–H and O–H groups in total. The van der Waals surface area contributed by atoms with E-state index in [4.69, 9.17) is 23.5 Å². The van der Waals surface area contributed by atoms with E-state index in [-0.39, 0.29) is 18.5 Å². The van der Waals surface area contributed by atoms with E-state index in [1.165, 1.54) is 10.4 Å². The highest BCUT2D eigenvalue weighted by molar-refractivity contribution is 7.96. The SMILES string of the molecule is CN(SOCl)c1ccc(C(F)(F)F)cc1Cl.S. The van der Waals surface area contributed by atoms with Crippen LogP contribution in [0.5, 0.6) is 0 Å². The molecular weight excluding hydrogens is 318 g/mol. The van der Waals surface area contributed by atoms with Crippen LogP contribution in [0.25, 0.3) is 0 Å². The summed E-state index contributed by atoms with van der Waals surface area (Å²) in [4.78, 5) is 0. The minimum absolute atomic E-state index is 0. The quantitative estimate of drug-likeness (QED) is 0.593. The van der Waals surface area contributed by atoms with Crippen molar-refractivity contribution in [1.29, 1.82) is 0 Å². The van der Waals surface area contributed by atoms with E-state index < -0.39 is 11.7 Å². The molecule has 1 aromatic carbocycles. The molecule has 1 rings (SSSR count). The number of anilines is 1. The topological polar surface area (TPSA) is 12.5 Å². The van der Waals surface area contributed by atoms with Crippen LogP contribution >= 0.6 is 49.2 Å². The van der Waals surface area contributed by atoms with Crippen LogP contribution in [-0.2, 0) is 9.91 Å². The van der Waals surface area contributed by atoms with Crippen LogP contribution in [0.15, 0.2) is 18.2 Å². The Hall–Kier alpha value is 0.0500. The predicted molar refractivity (Wildman–Crippen MR) is 69.8 cm³/mol. The molecule has 0 amide bonds. The van der Waals surface area contributed by atoms with Gasteiger partial charge in [-0.3, -0.25) is 4.31 Å². The van der Waals surface area contributed by atoms with Gasteiger partial charge in [0, 0.05) is 7.05 Å². The molecule has 1 aromatic rings. The van der Waals surface area contributed by atoms with Crippen molar-refractivity contribution in [3.05, 3.63) is 28.8 Å². The van der Waals surface area contributed by atoms with Crippen LogP contribution in [0, 0.1) is 0 Å². The van der Waals surface area contributed by atoms with Crippen LogP contribution < -0.4 is 4.31 Å². The summed E-state index contributed by atoms with van der Waals surface area (Å²) in [6, 6.07) is 3.03. The molecule has 0 fully saturated rings. The van der Waals surface area contributed by atoms with Gasteiger partial charge in [-0.05, 0) is 18.2 Å². The first-order valence-corrected chi connectivity index (χ1v) is 5.30. The molecule has 0 saturated carbocycles. The summed E-state index contributed by atoms with van der Waals surface area (Å²) < 4.78 is 42.6. The molecule has 0 bridgehead atoms. The second kappa shape index (κ2) is 6.84. The van der Waals surface area contributed by atoms with E-state index in [1.807, 2.05) is 0 Å². The number of alkyl halides is 3. The zero-order valence-corrected chi connectivity index (χ0v) is 11.7. The Labute approximate surface area is 118 Å². The third-order valence-electron chi connectivity index (χ3n) is 1.75. The monoisotopic (exact) mass is 325 g/mol. The molecular formula is C8H8Cl2F3NOS2. The Bertz CT molecular complexity index is 378. The van der Waals surface area contributed by atoms with Crippen LogP contribution in [-0.4, -0.2) is 7.05 Å². The summed E-state index contributed by atoms with van der Waals surface area (Å²) in [6.45, 7) is 0. The minimum Gasteiger partial charge on any atom is -0.293 e. The zero-order chi connectivity index (χ0) is 12.3. The molecule has 0 saturated heterocycles. The maximum Gasteiger partial charge on any atom is 0.416 e. The van der Waals surface area contributed by atoms with Crippen LogP contribution in [0.1, 0.15) is 5.56 Å². The first kappa shape index (κ1) is 17.1. The van der Waals surface area contributed by atoms with Crippen molar-refractivity contribution in [2.75, 3.05) is 11.4 Å². The molecule has 0 aliphatic heterocycles. The molecule has 0 radical (unpaired) electrons. The third-order valence-corrected chi connectivity index (χ3v) is 2.70. The van der Waals surface area contributed by atoms with Crippen molar-refractivity contribution < 1.29 is 16.9 Å². The smallest absolute Gasteiger partial charge is 0.293 e. The lowest BCUT2D eigenvalue weighted by Gasteiger charge is -2.17. The Morgan fingerprint density at radius 3 is 2.35 bits per heavy atom. The van der Waals surface area contributed by atoms with Gasteiger partial charge >= 0.3 is 6.18 Å². The van der Waals surface area contributed by atoms with Gasteiger partial charge in [0.2, 0.25) is 0 Å². The molecule has 0 unspecified atom stereocenters. The number of halogens is 5. The summed E-state index contributed by atoms with van der Waals surface area (Å²) in [7, 11) is 1.56. The van der Waals surface area contributed by atoms with Gasteiger partial charge in [0.1, 0.15) is 12.2 Å². The van der Waals surface area contributed by atoms with Gasteiger partial charge < -0.3 is 0 Å². The third kappa shape index (κ3) is 4.67. The van der Waals surface area contributed by atoms with Crippen molar-refractivity contribution in [3.8, 4) is 0 Å². The lowest BCUT2D eigenvalue weighted by molar-refractivity contribution is -0.137. The molecule has 0 aliphatic carbocycles. The van der Waals surface area contributed by atoms with Gasteiger partial charge in [0.05, 0.1) is 28.1 Å². The van der Waals surface area contributed by atoms with Gasteiger partial charge in [-0.2, -0.15) is 30.4 Å². The van der Waals surface area contributed by atoms with Crippen LogP contribution in [0.3, 0.4) is 0 Å². The molecule has 0 heterocycles. The highest BCUT2D eigenvalue weighted by Crippen LogP contribution is 2.36. The predicted octanol–water partition coefficient (Wildman–Crippen LogP) is 4.64. The van der Waals surface area contributed by atoms with Gasteiger partial charge in [-0.15, -0.1) is 0 Å². The number of hydrogen-bond acceptors (Lipinski definition) is 3. The van der Waals surface area contributed by atoms with Crippen molar-refractivity contribution >= 4 is 54.9 Å². The van der Waals surface area contributed by atoms with E-state index in [0.717, 1.165) is 24.4 Å². The highest BCUT2D eigenvalue weighted by Gasteiger charge is 2.31. The van der Waals surface area contributed by atoms with Crippen molar-refractivity contribution in [1.82, 2.24) is 0 Å². The lowest BCUT2D eigenvalue weighted by Crippen LogP contribution is -2.09. The molecule has 17 heavy (non-hydrogen) atoms. The molecule has 0 aliphatic rings. The number of rotatable bonds is 3. The lowest BCUT2D eigenvalue weighted by atomic mass is 10.2. The van der Waals surface area contributed by atoms with Gasteiger partial charge in [-0.25, -0.2) is 0 Å². The summed E-state index contributed by atoms with van der Waals surface area (Å²) in [5, 5.41) is -0.0291. The Balaban J connectivity index is 0.00000256. The van der Waals surface area contributed by atoms with E-state index in [1.54, 1.807) is 7.05 Å². The fourth-order valence-corrected chi connectivity index (χ4v) is 1.96. The molecule has 0 atom stereocenters. The van der Waals surface area contributed by atoms with Crippen molar-refractivity contribution in [3.63, 3.8) is 0 Å². The van der Waals surface area contributed by atoms with Gasteiger partial charge in [0.25, 0.3) is 0 Å². The fourth-order valence-electron chi connectivity index (χ4n) is 1.02. The van der Waals surface area contributed by atoms with E-state index in [2.05, 4.69) is 3.74 Å². The minimum atomic E-state index is -4.41. The second-order valence-electron chi connectivity index (χ2n) is 2.80. The summed E-state index contributed by atoms with van der Waals surface area (Å²) in [5.41, 5.74) is -0.424. The zero-order valence-electron chi connectivity index (χ0n) is 8.39. The average Bonchev–Trinajstić information content (AvgIpc) is 2.16. The van der Waals surface area contributed by atoms with Gasteiger partial charge in [-0.1, -0.05) is 11.6 Å². The van der Waals surface area contributed by atoms with E-state index >= 15 is 0 Å². The fraction of sp³-hybridized carbons (Fsp3) is 0.250. The molecule has 98 valence electrons. The van der Waals surface area contributed by atoms with Crippen molar-refractivity contribution in [2.45, 2.75) is 6.18 Å². The number of hydrogen-bond donors (Lipinski definition) is 0. The molecule has 0 aromatic heterocycles. The van der Waals surface area contributed by atoms with Crippen molar-refractivity contribution in [2.24, 2.45) is 0 Å². The summed E-state index contributed by atoms with van der Waals surface area (Å²) in [6.07, 6.45) is -4.41. The molecule has 0 spiro atoms. The van der Waals surface area contributed by atoms with Crippen LogP contribution in [0.4, 0.5) is 18.9 Å². The Morgan fingerprint density at radius 1 is 1.35 bits per heavy atom. The Morgan fingerprint density at radius 2 is 1.94 bits per heavy atom. The second-order valence-corrected chi connectivity index (χ2v) is 4.41. The average molecular weight is 326 g/mol. The standard InChI is InChI=1S/C8H6Cl2F3NOS.H2S/c1-14(16-15-10)7-3-2-5(4-6(7)9)8(11,12)13;/h2-4H,1H3;1H2. The summed E-state index contributed by atoms with van der Waals surface area (Å²) >= 11 is 11.5. The maximum atomic E-state index is 12.3. The normalized spacial score (nSPS) is 10.9. The van der Waals surface area contributed by atoms with E-state index in [9.17, 15) is 13.2 Å². The number of benzene rings is 1. The molecule has 9 heteroatoms. The maximum absolute atomic E-state index is 12.3. The number of nitrogens with zero attached hydrogens (tertiary/aromatic N) is 1. The van der Waals surface area contributed by atoms with Crippen LogP contribution in [0.2, 0.25) is 5.02 Å². The largest absolute Gasteiger partial charge is 0.416 e. The molecule has 2 nitrogen and oxygen atoms in total. The Kier molecular flexibility index (Phi) is 6.86. The highest BCUT2D eigenvalue weighted by atomic mass is 35.5. The van der Waals surface area contributed by atoms with E-state index in [0.29, 0.717) is 5.69 Å². The summed E-state index contributed by atoms with van der Waals surface area (Å²) in [5.74, 6) is 0.